The van der Waals surface area contributed by atoms with Gasteiger partial charge in [-0.25, -0.2) is 4.79 Å². The van der Waals surface area contributed by atoms with Gasteiger partial charge in [-0.3, -0.25) is 0 Å². The van der Waals surface area contributed by atoms with E-state index in [1.54, 1.807) is 0 Å². The number of hydrogen-bond donors (Lipinski definition) is 0. The van der Waals surface area contributed by atoms with Crippen LogP contribution < -0.4 is 0 Å². The van der Waals surface area contributed by atoms with Crippen molar-refractivity contribution < 1.29 is 9.53 Å². The van der Waals surface area contributed by atoms with Gasteiger partial charge in [-0.05, 0) is 19.8 Å². The summed E-state index contributed by atoms with van der Waals surface area (Å²) >= 11 is 0. The maximum Gasteiger partial charge on any atom is 0.331 e. The van der Waals surface area contributed by atoms with E-state index < -0.39 is 0 Å². The van der Waals surface area contributed by atoms with Gasteiger partial charge in [-0.2, -0.15) is 0 Å². The van der Waals surface area contributed by atoms with Gasteiger partial charge in [0.25, 0.3) is 0 Å². The summed E-state index contributed by atoms with van der Waals surface area (Å²) in [5.41, 5.74) is 1.06. The van der Waals surface area contributed by atoms with Crippen LogP contribution in [0.2, 0.25) is 0 Å². The number of unbranched alkanes of at least 4 members (excludes halogenated alkanes) is 3. The van der Waals surface area contributed by atoms with Crippen LogP contribution in [-0.2, 0) is 9.53 Å². The second-order valence-corrected chi connectivity index (χ2v) is 3.61. The van der Waals surface area contributed by atoms with Gasteiger partial charge in [0.15, 0.2) is 6.61 Å². The summed E-state index contributed by atoms with van der Waals surface area (Å²) < 4.78 is 4.74. The summed E-state index contributed by atoms with van der Waals surface area (Å²) in [6.45, 7) is 4.18. The van der Waals surface area contributed by atoms with Gasteiger partial charge in [-0.1, -0.05) is 37.7 Å². The maximum absolute atomic E-state index is 11.1. The lowest BCUT2D eigenvalue weighted by atomic mass is 10.1. The molecule has 0 spiro atoms. The van der Waals surface area contributed by atoms with Gasteiger partial charge in [0.1, 0.15) is 0 Å². The van der Waals surface area contributed by atoms with Crippen LogP contribution in [0, 0.1) is 12.3 Å². The molecule has 84 valence electrons. The van der Waals surface area contributed by atoms with Gasteiger partial charge < -0.3 is 4.74 Å². The molecule has 0 saturated carbocycles. The van der Waals surface area contributed by atoms with Crippen LogP contribution in [0.3, 0.4) is 0 Å². The van der Waals surface area contributed by atoms with Crippen LogP contribution in [0.15, 0.2) is 11.6 Å². The molecule has 0 heterocycles. The highest BCUT2D eigenvalue weighted by Gasteiger charge is 1.98. The van der Waals surface area contributed by atoms with Crippen LogP contribution in [-0.4, -0.2) is 12.6 Å². The Morgan fingerprint density at radius 3 is 2.73 bits per heavy atom. The molecule has 0 amide bonds. The van der Waals surface area contributed by atoms with Crippen molar-refractivity contribution in [3.05, 3.63) is 11.6 Å². The second-order valence-electron chi connectivity index (χ2n) is 3.61. The molecule has 0 aromatic heterocycles. The lowest BCUT2D eigenvalue weighted by Crippen LogP contribution is -2.01. The van der Waals surface area contributed by atoms with E-state index in [-0.39, 0.29) is 12.6 Å². The van der Waals surface area contributed by atoms with Crippen LogP contribution in [0.4, 0.5) is 0 Å². The number of rotatable bonds is 7. The highest BCUT2D eigenvalue weighted by molar-refractivity contribution is 5.82. The molecule has 0 aliphatic carbocycles. The Morgan fingerprint density at radius 2 is 2.13 bits per heavy atom. The van der Waals surface area contributed by atoms with E-state index in [0.29, 0.717) is 0 Å². The molecule has 0 aliphatic rings. The number of carbonyl (C=O) groups is 1. The quantitative estimate of drug-likeness (QED) is 0.278. The Kier molecular flexibility index (Phi) is 8.56. The zero-order valence-corrected chi connectivity index (χ0v) is 9.71. The highest BCUT2D eigenvalue weighted by Crippen LogP contribution is 2.09. The average Bonchev–Trinajstić information content (AvgIpc) is 2.21. The van der Waals surface area contributed by atoms with E-state index in [2.05, 4.69) is 12.8 Å². The predicted molar refractivity (Wildman–Crippen MR) is 62.3 cm³/mol. The van der Waals surface area contributed by atoms with Crippen molar-refractivity contribution in [3.63, 3.8) is 0 Å². The molecule has 0 N–H and O–H groups in total. The van der Waals surface area contributed by atoms with Crippen molar-refractivity contribution in [3.8, 4) is 12.3 Å². The van der Waals surface area contributed by atoms with E-state index in [4.69, 9.17) is 11.2 Å². The Morgan fingerprint density at radius 1 is 1.40 bits per heavy atom. The second kappa shape index (κ2) is 9.33. The van der Waals surface area contributed by atoms with E-state index >= 15 is 0 Å². The number of terminal acetylenes is 1. The Hall–Kier alpha value is -1.23. The molecule has 0 fully saturated rings. The van der Waals surface area contributed by atoms with Gasteiger partial charge in [0.05, 0.1) is 0 Å². The summed E-state index contributed by atoms with van der Waals surface area (Å²) in [6.07, 6.45) is 12.3. The summed E-state index contributed by atoms with van der Waals surface area (Å²) in [5.74, 6) is 1.93. The molecule has 0 aliphatic heterocycles. The minimum atomic E-state index is -0.332. The smallest absolute Gasteiger partial charge is 0.331 e. The van der Waals surface area contributed by atoms with Gasteiger partial charge in [0.2, 0.25) is 0 Å². The molecule has 0 unspecified atom stereocenters. The van der Waals surface area contributed by atoms with Crippen molar-refractivity contribution in [2.45, 2.75) is 46.0 Å². The van der Waals surface area contributed by atoms with Crippen molar-refractivity contribution in [1.82, 2.24) is 0 Å². The summed E-state index contributed by atoms with van der Waals surface area (Å²) in [6, 6.07) is 0. The predicted octanol–water partition coefficient (Wildman–Crippen LogP) is 3.08. The molecule has 0 bridgehead atoms. The largest absolute Gasteiger partial charge is 0.449 e. The van der Waals surface area contributed by atoms with Crippen LogP contribution in [0.5, 0.6) is 0 Å². The van der Waals surface area contributed by atoms with Gasteiger partial charge >= 0.3 is 5.97 Å². The summed E-state index contributed by atoms with van der Waals surface area (Å²) in [4.78, 5) is 11.1. The molecule has 0 aromatic carbocycles. The fourth-order valence-corrected chi connectivity index (χ4v) is 1.26. The van der Waals surface area contributed by atoms with E-state index in [9.17, 15) is 4.79 Å². The molecular formula is C13H20O2. The third kappa shape index (κ3) is 9.08. The van der Waals surface area contributed by atoms with Crippen LogP contribution in [0.25, 0.3) is 0 Å². The van der Waals surface area contributed by atoms with Crippen molar-refractivity contribution >= 4 is 5.97 Å². The molecule has 0 aromatic rings. The zero-order valence-electron chi connectivity index (χ0n) is 9.71. The first kappa shape index (κ1) is 13.8. The maximum atomic E-state index is 11.1. The number of carbonyl (C=O) groups excluding carboxylic acids is 1. The van der Waals surface area contributed by atoms with E-state index in [1.807, 2.05) is 6.92 Å². The third-order valence-corrected chi connectivity index (χ3v) is 2.09. The minimum absolute atomic E-state index is 0.0540. The molecule has 0 rings (SSSR count). The normalized spacial score (nSPS) is 10.9. The summed E-state index contributed by atoms with van der Waals surface area (Å²) in [5, 5.41) is 0. The molecular weight excluding hydrogens is 188 g/mol. The van der Waals surface area contributed by atoms with E-state index in [0.717, 1.165) is 18.4 Å². The van der Waals surface area contributed by atoms with Crippen molar-refractivity contribution in [2.75, 3.05) is 6.61 Å². The zero-order chi connectivity index (χ0) is 11.5. The first-order chi connectivity index (χ1) is 7.20. The average molecular weight is 208 g/mol. The van der Waals surface area contributed by atoms with E-state index in [1.165, 1.54) is 25.3 Å². The number of ether oxygens (including phenoxy) is 1. The number of allylic oxidation sites excluding steroid dienone is 1. The lowest BCUT2D eigenvalue weighted by Gasteiger charge is -2.01. The molecule has 2 heteroatoms. The Balaban J connectivity index is 3.68. The standard InChI is InChI=1S/C13H20O2/c1-4-6-7-8-9-12(3)11-13(14)15-10-5-2/h2,11H,4,6-10H2,1,3H3/b12-11+. The van der Waals surface area contributed by atoms with Crippen LogP contribution >= 0.6 is 0 Å². The highest BCUT2D eigenvalue weighted by atomic mass is 16.5. The fraction of sp³-hybridized carbons (Fsp3) is 0.615. The summed E-state index contributed by atoms with van der Waals surface area (Å²) in [7, 11) is 0. The molecule has 0 radical (unpaired) electrons. The van der Waals surface area contributed by atoms with Gasteiger partial charge in [0, 0.05) is 6.08 Å². The molecule has 0 saturated heterocycles. The minimum Gasteiger partial charge on any atom is -0.449 e. The SMILES string of the molecule is C#CCOC(=O)/C=C(\C)CCCCCC. The fourth-order valence-electron chi connectivity index (χ4n) is 1.26. The molecule has 0 atom stereocenters. The first-order valence-electron chi connectivity index (χ1n) is 5.48. The Labute approximate surface area is 92.7 Å². The van der Waals surface area contributed by atoms with Crippen LogP contribution in [0.1, 0.15) is 46.0 Å². The third-order valence-electron chi connectivity index (χ3n) is 2.09. The lowest BCUT2D eigenvalue weighted by molar-refractivity contribution is -0.136. The van der Waals surface area contributed by atoms with Crippen molar-refractivity contribution in [1.29, 1.82) is 0 Å². The molecule has 15 heavy (non-hydrogen) atoms. The monoisotopic (exact) mass is 208 g/mol. The first-order valence-corrected chi connectivity index (χ1v) is 5.48. The Bertz CT molecular complexity index is 246. The van der Waals surface area contributed by atoms with Gasteiger partial charge in [-0.15, -0.1) is 6.42 Å². The number of esters is 1. The number of hydrogen-bond acceptors (Lipinski definition) is 2. The molecule has 2 nitrogen and oxygen atoms in total. The topological polar surface area (TPSA) is 26.3 Å². The van der Waals surface area contributed by atoms with Crippen molar-refractivity contribution in [2.24, 2.45) is 0 Å².